The van der Waals surface area contributed by atoms with Gasteiger partial charge in [-0.3, -0.25) is 4.98 Å². The molecule has 2 aromatic rings. The van der Waals surface area contributed by atoms with E-state index in [-0.39, 0.29) is 11.1 Å². The monoisotopic (exact) mass is 325 g/mol. The summed E-state index contributed by atoms with van der Waals surface area (Å²) in [5, 5.41) is 9.98. The predicted molar refractivity (Wildman–Crippen MR) is 76.5 cm³/mol. The number of aryl methyl sites for hydroxylation is 1. The first-order chi connectivity index (χ1) is 10.9. The Labute approximate surface area is 130 Å². The summed E-state index contributed by atoms with van der Waals surface area (Å²) in [5.41, 5.74) is 0.928. The van der Waals surface area contributed by atoms with E-state index in [0.717, 1.165) is 42.8 Å². The van der Waals surface area contributed by atoms with Gasteiger partial charge >= 0.3 is 6.18 Å². The van der Waals surface area contributed by atoms with Crippen molar-refractivity contribution in [2.45, 2.75) is 37.7 Å². The molecular formula is C17H15F4NO. The molecule has 0 aliphatic heterocycles. The number of aliphatic hydroxyl groups is 1. The Bertz CT molecular complexity index is 697. The van der Waals surface area contributed by atoms with E-state index in [1.165, 1.54) is 6.20 Å². The Hall–Kier alpha value is -1.95. The van der Waals surface area contributed by atoms with E-state index in [1.807, 2.05) is 0 Å². The summed E-state index contributed by atoms with van der Waals surface area (Å²) in [4.78, 5) is 4.19. The van der Waals surface area contributed by atoms with Crippen molar-refractivity contribution in [2.75, 3.05) is 0 Å². The maximum absolute atomic E-state index is 14.6. The Morgan fingerprint density at radius 2 is 1.83 bits per heavy atom. The lowest BCUT2D eigenvalue weighted by atomic mass is 9.91. The number of nitrogens with zero attached hydrogens (tertiary/aromatic N) is 1. The van der Waals surface area contributed by atoms with Crippen molar-refractivity contribution in [2.24, 2.45) is 0 Å². The second-order valence-electron chi connectivity index (χ2n) is 5.69. The molecule has 0 bridgehead atoms. The van der Waals surface area contributed by atoms with Crippen molar-refractivity contribution in [3.63, 3.8) is 0 Å². The number of pyridine rings is 1. The van der Waals surface area contributed by atoms with Gasteiger partial charge in [0.1, 0.15) is 0 Å². The highest BCUT2D eigenvalue weighted by molar-refractivity contribution is 5.36. The number of benzene rings is 1. The lowest BCUT2D eigenvalue weighted by Crippen LogP contribution is -2.12. The van der Waals surface area contributed by atoms with Crippen LogP contribution in [0.25, 0.3) is 0 Å². The highest BCUT2D eigenvalue weighted by Crippen LogP contribution is 2.34. The Kier molecular flexibility index (Phi) is 4.10. The largest absolute Gasteiger partial charge is 0.416 e. The van der Waals surface area contributed by atoms with Crippen LogP contribution in [0, 0.1) is 0 Å². The summed E-state index contributed by atoms with van der Waals surface area (Å²) in [7, 11) is 0. The fourth-order valence-electron chi connectivity index (χ4n) is 2.82. The Morgan fingerprint density at radius 1 is 1.13 bits per heavy atom. The first-order valence-corrected chi connectivity index (χ1v) is 7.34. The van der Waals surface area contributed by atoms with Gasteiger partial charge in [0.2, 0.25) is 0 Å². The van der Waals surface area contributed by atoms with Gasteiger partial charge in [-0.1, -0.05) is 12.1 Å². The van der Waals surface area contributed by atoms with Gasteiger partial charge in [0.25, 0.3) is 0 Å². The molecule has 0 fully saturated rings. The standard InChI is InChI=1S/C17H15F4NO/c18-16(10-4-6-12(7-5-10)17(19,20)21)11-8-13-14(22-9-11)2-1-3-15(13)23/h4-9,15-16,23H,1-3H2. The van der Waals surface area contributed by atoms with Crippen LogP contribution in [0.2, 0.25) is 0 Å². The number of fused-ring (bicyclic) bond motifs is 1. The smallest absolute Gasteiger partial charge is 0.388 e. The molecule has 2 atom stereocenters. The average molecular weight is 325 g/mol. The first kappa shape index (κ1) is 15.9. The van der Waals surface area contributed by atoms with Gasteiger partial charge in [0.15, 0.2) is 6.17 Å². The van der Waals surface area contributed by atoms with Crippen LogP contribution < -0.4 is 0 Å². The second-order valence-corrected chi connectivity index (χ2v) is 5.69. The third-order valence-electron chi connectivity index (χ3n) is 4.10. The van der Waals surface area contributed by atoms with Crippen molar-refractivity contribution in [3.05, 3.63) is 64.5 Å². The third kappa shape index (κ3) is 3.22. The van der Waals surface area contributed by atoms with Crippen LogP contribution in [0.4, 0.5) is 17.6 Å². The number of aromatic nitrogens is 1. The van der Waals surface area contributed by atoms with Gasteiger partial charge in [-0.25, -0.2) is 4.39 Å². The molecule has 0 saturated heterocycles. The molecule has 1 aromatic heterocycles. The number of rotatable bonds is 2. The third-order valence-corrected chi connectivity index (χ3v) is 4.10. The van der Waals surface area contributed by atoms with Crippen LogP contribution in [-0.4, -0.2) is 10.1 Å². The van der Waals surface area contributed by atoms with E-state index < -0.39 is 24.0 Å². The van der Waals surface area contributed by atoms with Crippen LogP contribution in [0.3, 0.4) is 0 Å². The van der Waals surface area contributed by atoms with Crippen molar-refractivity contribution >= 4 is 0 Å². The van der Waals surface area contributed by atoms with E-state index in [1.54, 1.807) is 6.07 Å². The van der Waals surface area contributed by atoms with Gasteiger partial charge in [0.05, 0.1) is 11.7 Å². The van der Waals surface area contributed by atoms with Gasteiger partial charge in [0, 0.05) is 23.0 Å². The molecule has 0 spiro atoms. The zero-order valence-electron chi connectivity index (χ0n) is 12.1. The molecule has 0 radical (unpaired) electrons. The minimum absolute atomic E-state index is 0.130. The topological polar surface area (TPSA) is 33.1 Å². The van der Waals surface area contributed by atoms with Gasteiger partial charge in [-0.05, 0) is 43.0 Å². The molecule has 23 heavy (non-hydrogen) atoms. The van der Waals surface area contributed by atoms with E-state index in [0.29, 0.717) is 12.0 Å². The highest BCUT2D eigenvalue weighted by atomic mass is 19.4. The van der Waals surface area contributed by atoms with E-state index in [9.17, 15) is 22.7 Å². The molecule has 1 heterocycles. The zero-order valence-corrected chi connectivity index (χ0v) is 12.1. The lowest BCUT2D eigenvalue weighted by Gasteiger charge is -2.21. The number of hydrogen-bond donors (Lipinski definition) is 1. The van der Waals surface area contributed by atoms with Crippen LogP contribution in [0.1, 0.15) is 53.1 Å². The minimum atomic E-state index is -4.44. The second kappa shape index (κ2) is 5.92. The van der Waals surface area contributed by atoms with Crippen molar-refractivity contribution in [1.82, 2.24) is 4.98 Å². The molecule has 2 unspecified atom stereocenters. The molecular weight excluding hydrogens is 310 g/mol. The molecule has 3 rings (SSSR count). The number of hydrogen-bond acceptors (Lipinski definition) is 2. The fourth-order valence-corrected chi connectivity index (χ4v) is 2.82. The molecule has 0 saturated carbocycles. The average Bonchev–Trinajstić information content (AvgIpc) is 2.54. The quantitative estimate of drug-likeness (QED) is 0.823. The highest BCUT2D eigenvalue weighted by Gasteiger charge is 2.30. The molecule has 1 aromatic carbocycles. The number of halogens is 4. The summed E-state index contributed by atoms with van der Waals surface area (Å²) in [6.07, 6.45) is -3.12. The van der Waals surface area contributed by atoms with Crippen LogP contribution in [0.5, 0.6) is 0 Å². The molecule has 122 valence electrons. The summed E-state index contributed by atoms with van der Waals surface area (Å²) >= 11 is 0. The maximum Gasteiger partial charge on any atom is 0.416 e. The van der Waals surface area contributed by atoms with Crippen molar-refractivity contribution in [3.8, 4) is 0 Å². The lowest BCUT2D eigenvalue weighted by molar-refractivity contribution is -0.137. The van der Waals surface area contributed by atoms with Gasteiger partial charge in [-0.2, -0.15) is 13.2 Å². The molecule has 1 aliphatic rings. The summed E-state index contributed by atoms with van der Waals surface area (Å²) < 4.78 is 52.2. The van der Waals surface area contributed by atoms with E-state index in [4.69, 9.17) is 0 Å². The Balaban J connectivity index is 1.88. The summed E-state index contributed by atoms with van der Waals surface area (Å²) in [5.74, 6) is 0. The molecule has 2 nitrogen and oxygen atoms in total. The van der Waals surface area contributed by atoms with Crippen LogP contribution in [-0.2, 0) is 12.6 Å². The van der Waals surface area contributed by atoms with Crippen LogP contribution in [0.15, 0.2) is 36.5 Å². The van der Waals surface area contributed by atoms with Crippen molar-refractivity contribution < 1.29 is 22.7 Å². The normalized spacial score (nSPS) is 19.3. The zero-order chi connectivity index (χ0) is 16.6. The van der Waals surface area contributed by atoms with E-state index in [2.05, 4.69) is 4.98 Å². The SMILES string of the molecule is OC1CCCc2ncc(C(F)c3ccc(C(F)(F)F)cc3)cc21. The fraction of sp³-hybridized carbons (Fsp3) is 0.353. The van der Waals surface area contributed by atoms with E-state index >= 15 is 0 Å². The number of alkyl halides is 4. The molecule has 6 heteroatoms. The molecule has 1 aliphatic carbocycles. The minimum Gasteiger partial charge on any atom is -0.388 e. The van der Waals surface area contributed by atoms with Crippen LogP contribution >= 0.6 is 0 Å². The molecule has 1 N–H and O–H groups in total. The van der Waals surface area contributed by atoms with Gasteiger partial charge in [-0.15, -0.1) is 0 Å². The molecule has 0 amide bonds. The first-order valence-electron chi connectivity index (χ1n) is 7.34. The summed E-state index contributed by atoms with van der Waals surface area (Å²) in [6, 6.07) is 5.55. The maximum atomic E-state index is 14.6. The predicted octanol–water partition coefficient (Wildman–Crippen LogP) is 4.53. The Morgan fingerprint density at radius 3 is 2.48 bits per heavy atom. The number of aliphatic hydroxyl groups excluding tert-OH is 1. The van der Waals surface area contributed by atoms with Crippen molar-refractivity contribution in [1.29, 1.82) is 0 Å². The summed E-state index contributed by atoms with van der Waals surface area (Å²) in [6.45, 7) is 0. The van der Waals surface area contributed by atoms with Gasteiger partial charge < -0.3 is 5.11 Å².